The molecule has 0 radical (unpaired) electrons. The first kappa shape index (κ1) is 13.9. The molecule has 1 aromatic carbocycles. The number of carbonyl (C=O) groups is 1. The van der Waals surface area contributed by atoms with E-state index in [1.165, 1.54) is 11.9 Å². The van der Waals surface area contributed by atoms with Gasteiger partial charge < -0.3 is 10.6 Å². The van der Waals surface area contributed by atoms with E-state index in [1.54, 1.807) is 24.5 Å². The molecule has 0 saturated carbocycles. The first-order valence-electron chi connectivity index (χ1n) is 5.88. The van der Waals surface area contributed by atoms with Gasteiger partial charge in [0.2, 0.25) is 0 Å². The molecule has 6 heteroatoms. The molecule has 0 fully saturated rings. The van der Waals surface area contributed by atoms with Crippen LogP contribution in [-0.4, -0.2) is 22.8 Å². The number of hydrogen-bond donors (Lipinski definition) is 1. The van der Waals surface area contributed by atoms with Gasteiger partial charge in [0.1, 0.15) is 11.4 Å². The topological polar surface area (TPSA) is 59.2 Å². The minimum Gasteiger partial charge on any atom is -0.396 e. The maximum absolute atomic E-state index is 13.8. The van der Waals surface area contributed by atoms with Gasteiger partial charge in [0.15, 0.2) is 5.82 Å². The van der Waals surface area contributed by atoms with Gasteiger partial charge in [-0.25, -0.2) is 8.78 Å². The second kappa shape index (κ2) is 5.64. The first-order chi connectivity index (χ1) is 9.50. The monoisotopic (exact) mass is 277 g/mol. The molecule has 104 valence electrons. The smallest absolute Gasteiger partial charge is 0.259 e. The average Bonchev–Trinajstić information content (AvgIpc) is 2.44. The summed E-state index contributed by atoms with van der Waals surface area (Å²) >= 11 is 0. The highest BCUT2D eigenvalue weighted by atomic mass is 19.1. The van der Waals surface area contributed by atoms with Gasteiger partial charge in [-0.2, -0.15) is 0 Å². The molecule has 2 rings (SSSR count). The van der Waals surface area contributed by atoms with Crippen molar-refractivity contribution in [3.05, 3.63) is 59.4 Å². The molecule has 0 saturated heterocycles. The van der Waals surface area contributed by atoms with Crippen LogP contribution in [0.3, 0.4) is 0 Å². The van der Waals surface area contributed by atoms with E-state index >= 15 is 0 Å². The Kier molecular flexibility index (Phi) is 3.93. The van der Waals surface area contributed by atoms with Gasteiger partial charge in [-0.05, 0) is 23.8 Å². The third-order valence-corrected chi connectivity index (χ3v) is 2.82. The van der Waals surface area contributed by atoms with Crippen molar-refractivity contribution in [2.45, 2.75) is 6.54 Å². The molecule has 4 nitrogen and oxygen atoms in total. The van der Waals surface area contributed by atoms with Crippen molar-refractivity contribution in [2.24, 2.45) is 0 Å². The Bertz CT molecular complexity index is 632. The van der Waals surface area contributed by atoms with Crippen LogP contribution in [0.25, 0.3) is 0 Å². The molecule has 2 N–H and O–H groups in total. The van der Waals surface area contributed by atoms with Crippen LogP contribution in [0.1, 0.15) is 15.9 Å². The lowest BCUT2D eigenvalue weighted by Gasteiger charge is -2.18. The summed E-state index contributed by atoms with van der Waals surface area (Å²) in [6.45, 7) is 0.195. The van der Waals surface area contributed by atoms with Crippen LogP contribution in [-0.2, 0) is 6.54 Å². The lowest BCUT2D eigenvalue weighted by atomic mass is 10.1. The Labute approximate surface area is 114 Å². The fraction of sp³-hybridized carbons (Fsp3) is 0.143. The van der Waals surface area contributed by atoms with Gasteiger partial charge in [0, 0.05) is 26.0 Å². The highest BCUT2D eigenvalue weighted by Crippen LogP contribution is 2.20. The summed E-state index contributed by atoms with van der Waals surface area (Å²) < 4.78 is 27.4. The van der Waals surface area contributed by atoms with Crippen LogP contribution in [0.4, 0.5) is 14.5 Å². The van der Waals surface area contributed by atoms with Crippen LogP contribution < -0.4 is 5.73 Å². The van der Waals surface area contributed by atoms with E-state index in [1.807, 2.05) is 0 Å². The van der Waals surface area contributed by atoms with E-state index < -0.39 is 23.1 Å². The number of benzene rings is 1. The third kappa shape index (κ3) is 2.74. The van der Waals surface area contributed by atoms with E-state index in [2.05, 4.69) is 4.98 Å². The number of halogens is 2. The minimum absolute atomic E-state index is 0.195. The molecule has 1 aromatic heterocycles. The lowest BCUT2D eigenvalue weighted by Crippen LogP contribution is -2.28. The summed E-state index contributed by atoms with van der Waals surface area (Å²) in [5.74, 6) is -2.73. The molecule has 1 heterocycles. The zero-order chi connectivity index (χ0) is 14.7. The van der Waals surface area contributed by atoms with Gasteiger partial charge in [-0.3, -0.25) is 9.78 Å². The van der Waals surface area contributed by atoms with Crippen LogP contribution >= 0.6 is 0 Å². The number of carbonyl (C=O) groups excluding carboxylic acids is 1. The largest absolute Gasteiger partial charge is 0.396 e. The maximum Gasteiger partial charge on any atom is 0.259 e. The number of nitrogens with zero attached hydrogens (tertiary/aromatic N) is 2. The van der Waals surface area contributed by atoms with Crippen LogP contribution in [0.5, 0.6) is 0 Å². The fourth-order valence-electron chi connectivity index (χ4n) is 1.79. The van der Waals surface area contributed by atoms with E-state index in [0.29, 0.717) is 0 Å². The molecule has 0 spiro atoms. The number of amides is 1. The molecule has 0 aliphatic carbocycles. The third-order valence-electron chi connectivity index (χ3n) is 2.82. The van der Waals surface area contributed by atoms with Gasteiger partial charge >= 0.3 is 0 Å². The Hall–Kier alpha value is -2.50. The Morgan fingerprint density at radius 1 is 1.35 bits per heavy atom. The maximum atomic E-state index is 13.8. The predicted octanol–water partition coefficient (Wildman–Crippen LogP) is 2.21. The summed E-state index contributed by atoms with van der Waals surface area (Å²) in [5, 5.41) is 0. The highest BCUT2D eigenvalue weighted by molar-refractivity contribution is 5.95. The Morgan fingerprint density at radius 2 is 2.10 bits per heavy atom. The van der Waals surface area contributed by atoms with Crippen molar-refractivity contribution in [2.75, 3.05) is 12.8 Å². The van der Waals surface area contributed by atoms with Crippen molar-refractivity contribution < 1.29 is 13.6 Å². The number of anilines is 1. The molecule has 0 aliphatic heterocycles. The summed E-state index contributed by atoms with van der Waals surface area (Å²) in [4.78, 5) is 17.2. The van der Waals surface area contributed by atoms with Crippen molar-refractivity contribution in [3.63, 3.8) is 0 Å². The zero-order valence-electron chi connectivity index (χ0n) is 10.8. The molecule has 0 atom stereocenters. The van der Waals surface area contributed by atoms with Crippen LogP contribution in [0.2, 0.25) is 0 Å². The quantitative estimate of drug-likeness (QED) is 0.875. The van der Waals surface area contributed by atoms with Gasteiger partial charge in [-0.1, -0.05) is 6.07 Å². The standard InChI is InChI=1S/C14H13F2N3O/c1-19(8-9-3-2-6-18-7-9)14(20)12-10(15)4-5-11(17)13(12)16/h2-7H,8,17H2,1H3. The zero-order valence-corrected chi connectivity index (χ0v) is 10.8. The fourth-order valence-corrected chi connectivity index (χ4v) is 1.79. The average molecular weight is 277 g/mol. The van der Waals surface area contributed by atoms with Crippen molar-refractivity contribution in [1.29, 1.82) is 0 Å². The number of aromatic nitrogens is 1. The molecule has 2 aromatic rings. The number of nitrogen functional groups attached to an aromatic ring is 1. The van der Waals surface area contributed by atoms with E-state index in [-0.39, 0.29) is 12.2 Å². The SMILES string of the molecule is CN(Cc1cccnc1)C(=O)c1c(F)ccc(N)c1F. The molecule has 0 aliphatic rings. The molecule has 0 unspecified atom stereocenters. The second-order valence-corrected chi connectivity index (χ2v) is 4.35. The highest BCUT2D eigenvalue weighted by Gasteiger charge is 2.22. The summed E-state index contributed by atoms with van der Waals surface area (Å²) in [6, 6.07) is 5.55. The molecular weight excluding hydrogens is 264 g/mol. The van der Waals surface area contributed by atoms with Crippen LogP contribution in [0, 0.1) is 11.6 Å². The Balaban J connectivity index is 2.26. The molecular formula is C14H13F2N3O. The lowest BCUT2D eigenvalue weighted by molar-refractivity contribution is 0.0775. The normalized spacial score (nSPS) is 10.3. The van der Waals surface area contributed by atoms with Gasteiger partial charge in [0.25, 0.3) is 5.91 Å². The van der Waals surface area contributed by atoms with Gasteiger partial charge in [-0.15, -0.1) is 0 Å². The predicted molar refractivity (Wildman–Crippen MR) is 70.8 cm³/mol. The Morgan fingerprint density at radius 3 is 2.75 bits per heavy atom. The number of rotatable bonds is 3. The van der Waals surface area contributed by atoms with Crippen LogP contribution in [0.15, 0.2) is 36.7 Å². The van der Waals surface area contributed by atoms with Gasteiger partial charge in [0.05, 0.1) is 5.69 Å². The van der Waals surface area contributed by atoms with E-state index in [0.717, 1.165) is 17.7 Å². The molecule has 20 heavy (non-hydrogen) atoms. The number of nitrogens with two attached hydrogens (primary N) is 1. The van der Waals surface area contributed by atoms with Crippen molar-refractivity contribution in [3.8, 4) is 0 Å². The minimum atomic E-state index is -1.03. The summed E-state index contributed by atoms with van der Waals surface area (Å²) in [6.07, 6.45) is 3.18. The number of pyridine rings is 1. The molecule has 1 amide bonds. The van der Waals surface area contributed by atoms with E-state index in [9.17, 15) is 13.6 Å². The second-order valence-electron chi connectivity index (χ2n) is 4.35. The van der Waals surface area contributed by atoms with Crippen molar-refractivity contribution in [1.82, 2.24) is 9.88 Å². The number of hydrogen-bond acceptors (Lipinski definition) is 3. The molecule has 0 bridgehead atoms. The van der Waals surface area contributed by atoms with E-state index in [4.69, 9.17) is 5.73 Å². The summed E-state index contributed by atoms with van der Waals surface area (Å²) in [7, 11) is 1.46. The van der Waals surface area contributed by atoms with Crippen molar-refractivity contribution >= 4 is 11.6 Å². The summed E-state index contributed by atoms with van der Waals surface area (Å²) in [5.41, 5.74) is 5.21. The first-order valence-corrected chi connectivity index (χ1v) is 5.88.